The smallest absolute Gasteiger partial charge is 0.155 e. The lowest BCUT2D eigenvalue weighted by Crippen LogP contribution is -1.91. The first-order valence-electron chi connectivity index (χ1n) is 3.67. The first-order valence-corrected chi connectivity index (χ1v) is 4.75. The topological polar surface area (TPSA) is 17.1 Å². The molecule has 12 heavy (non-hydrogen) atoms. The Morgan fingerprint density at radius 1 is 1.50 bits per heavy atom. The minimum absolute atomic E-state index is 0.112. The number of hydrogen-bond donors (Lipinski definition) is 0. The fourth-order valence-electron chi connectivity index (χ4n) is 0.503. The van der Waals surface area contributed by atoms with E-state index in [-0.39, 0.29) is 5.78 Å². The van der Waals surface area contributed by atoms with Gasteiger partial charge >= 0.3 is 0 Å². The zero-order valence-corrected chi connectivity index (χ0v) is 9.81. The van der Waals surface area contributed by atoms with Gasteiger partial charge < -0.3 is 0 Å². The van der Waals surface area contributed by atoms with Crippen molar-refractivity contribution in [2.24, 2.45) is 0 Å². The standard InChI is InChI=1S/C9H12BIO/c1-4-8(10)9(11)5-6(2)7(3)12/h4-5H,1,10H2,2-3H3/b6-5+,9-8-. The maximum atomic E-state index is 10.9. The van der Waals surface area contributed by atoms with E-state index in [1.807, 2.05) is 20.8 Å². The summed E-state index contributed by atoms with van der Waals surface area (Å²) in [5, 5.41) is 0. The third-order valence-electron chi connectivity index (χ3n) is 1.58. The second-order valence-corrected chi connectivity index (χ2v) is 3.78. The molecule has 0 aromatic heterocycles. The molecule has 0 N–H and O–H groups in total. The van der Waals surface area contributed by atoms with Crippen molar-refractivity contribution in [1.29, 1.82) is 0 Å². The molecule has 0 unspecified atom stereocenters. The molecule has 0 bridgehead atoms. The molecular formula is C9H12BIO. The molecule has 0 radical (unpaired) electrons. The zero-order chi connectivity index (χ0) is 9.72. The molecule has 0 aliphatic carbocycles. The minimum atomic E-state index is 0.112. The van der Waals surface area contributed by atoms with E-state index in [0.717, 1.165) is 14.6 Å². The molecule has 64 valence electrons. The highest BCUT2D eigenvalue weighted by Crippen LogP contribution is 2.15. The fraction of sp³-hybridized carbons (Fsp3) is 0.222. The molecule has 0 aliphatic heterocycles. The summed E-state index contributed by atoms with van der Waals surface area (Å²) in [6.45, 7) is 7.04. The van der Waals surface area contributed by atoms with Crippen LogP contribution in [-0.4, -0.2) is 13.6 Å². The highest BCUT2D eigenvalue weighted by atomic mass is 127. The molecule has 1 nitrogen and oxygen atoms in total. The highest BCUT2D eigenvalue weighted by molar-refractivity contribution is 14.1. The minimum Gasteiger partial charge on any atom is -0.295 e. The van der Waals surface area contributed by atoms with Crippen LogP contribution in [0.4, 0.5) is 0 Å². The second kappa shape index (κ2) is 5.35. The van der Waals surface area contributed by atoms with E-state index >= 15 is 0 Å². The van der Waals surface area contributed by atoms with Crippen molar-refractivity contribution in [3.63, 3.8) is 0 Å². The van der Waals surface area contributed by atoms with Crippen LogP contribution in [0.5, 0.6) is 0 Å². The van der Waals surface area contributed by atoms with E-state index in [2.05, 4.69) is 29.2 Å². The molecule has 0 heterocycles. The fourth-order valence-corrected chi connectivity index (χ4v) is 1.19. The van der Waals surface area contributed by atoms with E-state index in [1.165, 1.54) is 0 Å². The predicted octanol–water partition coefficient (Wildman–Crippen LogP) is 1.99. The Bertz CT molecular complexity index is 264. The summed E-state index contributed by atoms with van der Waals surface area (Å²) in [5.74, 6) is 0.112. The third kappa shape index (κ3) is 3.90. The molecule has 0 saturated carbocycles. The molecule has 0 amide bonds. The average Bonchev–Trinajstić information content (AvgIpc) is 2.02. The van der Waals surface area contributed by atoms with Gasteiger partial charge in [0.05, 0.1) is 0 Å². The first-order chi connectivity index (χ1) is 5.49. The summed E-state index contributed by atoms with van der Waals surface area (Å²) in [5.41, 5.74) is 1.87. The average molecular weight is 274 g/mol. The van der Waals surface area contributed by atoms with E-state index < -0.39 is 0 Å². The lowest BCUT2D eigenvalue weighted by molar-refractivity contribution is -0.113. The van der Waals surface area contributed by atoms with Crippen molar-refractivity contribution < 1.29 is 4.79 Å². The number of ketones is 1. The number of rotatable bonds is 3. The van der Waals surface area contributed by atoms with Gasteiger partial charge in [0, 0.05) is 3.58 Å². The number of hydrogen-bond acceptors (Lipinski definition) is 1. The molecule has 0 spiro atoms. The second-order valence-electron chi connectivity index (χ2n) is 2.62. The SMILES string of the molecule is B/C(C=C)=C(I)/C=C(\C)C(C)=O. The number of Topliss-reactive ketones (excluding diaryl/α,β-unsaturated/α-hetero) is 1. The van der Waals surface area contributed by atoms with Gasteiger partial charge in [0.15, 0.2) is 5.78 Å². The van der Waals surface area contributed by atoms with Crippen molar-refractivity contribution in [3.05, 3.63) is 33.4 Å². The summed E-state index contributed by atoms with van der Waals surface area (Å²) in [7, 11) is 1.97. The summed E-state index contributed by atoms with van der Waals surface area (Å²) >= 11 is 2.20. The molecule has 0 fully saturated rings. The van der Waals surface area contributed by atoms with Gasteiger partial charge in [-0.3, -0.25) is 4.79 Å². The van der Waals surface area contributed by atoms with Gasteiger partial charge in [0.25, 0.3) is 0 Å². The van der Waals surface area contributed by atoms with E-state index in [1.54, 1.807) is 13.0 Å². The van der Waals surface area contributed by atoms with Gasteiger partial charge in [-0.1, -0.05) is 18.1 Å². The van der Waals surface area contributed by atoms with Crippen molar-refractivity contribution in [3.8, 4) is 0 Å². The monoisotopic (exact) mass is 274 g/mol. The zero-order valence-electron chi connectivity index (χ0n) is 7.65. The van der Waals surface area contributed by atoms with E-state index in [0.29, 0.717) is 0 Å². The highest BCUT2D eigenvalue weighted by Gasteiger charge is 1.97. The Kier molecular flexibility index (Phi) is 5.21. The number of carbonyl (C=O) groups is 1. The summed E-state index contributed by atoms with van der Waals surface area (Å²) in [6.07, 6.45) is 3.66. The molecule has 3 heteroatoms. The van der Waals surface area contributed by atoms with Gasteiger partial charge in [0.1, 0.15) is 7.85 Å². The van der Waals surface area contributed by atoms with Gasteiger partial charge in [0.2, 0.25) is 0 Å². The maximum absolute atomic E-state index is 10.9. The van der Waals surface area contributed by atoms with Crippen molar-refractivity contribution >= 4 is 36.2 Å². The first kappa shape index (κ1) is 11.7. The van der Waals surface area contributed by atoms with Crippen molar-refractivity contribution in [2.75, 3.05) is 0 Å². The number of allylic oxidation sites excluding steroid dienone is 5. The largest absolute Gasteiger partial charge is 0.295 e. The Morgan fingerprint density at radius 3 is 2.33 bits per heavy atom. The molecule has 0 aromatic carbocycles. The van der Waals surface area contributed by atoms with Crippen LogP contribution in [0.2, 0.25) is 0 Å². The Hall–Kier alpha value is -0.315. The summed E-state index contributed by atoms with van der Waals surface area (Å²) in [6, 6.07) is 0. The van der Waals surface area contributed by atoms with Crippen molar-refractivity contribution in [1.82, 2.24) is 0 Å². The molecule has 0 saturated heterocycles. The van der Waals surface area contributed by atoms with Gasteiger partial charge in [-0.05, 0) is 48.1 Å². The quantitative estimate of drug-likeness (QED) is 0.333. The molecule has 0 aliphatic rings. The van der Waals surface area contributed by atoms with Gasteiger partial charge in [-0.25, -0.2) is 0 Å². The van der Waals surface area contributed by atoms with Crippen LogP contribution in [-0.2, 0) is 4.79 Å². The molecular weight excluding hydrogens is 262 g/mol. The van der Waals surface area contributed by atoms with Crippen LogP contribution >= 0.6 is 22.6 Å². The van der Waals surface area contributed by atoms with Crippen molar-refractivity contribution in [2.45, 2.75) is 13.8 Å². The summed E-state index contributed by atoms with van der Waals surface area (Å²) < 4.78 is 1.07. The van der Waals surface area contributed by atoms with Gasteiger partial charge in [-0.2, -0.15) is 0 Å². The van der Waals surface area contributed by atoms with E-state index in [9.17, 15) is 4.79 Å². The van der Waals surface area contributed by atoms with Crippen LogP contribution in [0, 0.1) is 0 Å². The number of carbonyl (C=O) groups excluding carboxylic acids is 1. The van der Waals surface area contributed by atoms with Crippen LogP contribution in [0.1, 0.15) is 13.8 Å². The Labute approximate surface area is 88.2 Å². The maximum Gasteiger partial charge on any atom is 0.155 e. The molecule has 0 atom stereocenters. The normalized spacial score (nSPS) is 13.8. The van der Waals surface area contributed by atoms with Crippen LogP contribution in [0.25, 0.3) is 0 Å². The number of halogens is 1. The Balaban J connectivity index is 4.76. The lowest BCUT2D eigenvalue weighted by Gasteiger charge is -1.97. The van der Waals surface area contributed by atoms with Crippen LogP contribution in [0.15, 0.2) is 33.4 Å². The Morgan fingerprint density at radius 2 is 2.00 bits per heavy atom. The van der Waals surface area contributed by atoms with Gasteiger partial charge in [-0.15, -0.1) is 0 Å². The predicted molar refractivity (Wildman–Crippen MR) is 64.2 cm³/mol. The van der Waals surface area contributed by atoms with Crippen LogP contribution < -0.4 is 0 Å². The molecule has 0 rings (SSSR count). The van der Waals surface area contributed by atoms with Crippen LogP contribution in [0.3, 0.4) is 0 Å². The lowest BCUT2D eigenvalue weighted by atomic mass is 9.95. The van der Waals surface area contributed by atoms with E-state index in [4.69, 9.17) is 0 Å². The summed E-state index contributed by atoms with van der Waals surface area (Å²) in [4.78, 5) is 10.9. The molecule has 0 aromatic rings. The third-order valence-corrected chi connectivity index (χ3v) is 2.74.